The Morgan fingerprint density at radius 2 is 1.88 bits per heavy atom. The minimum atomic E-state index is 0.453. The molecule has 17 heavy (non-hydrogen) atoms. The maximum atomic E-state index is 3.52. The van der Waals surface area contributed by atoms with E-state index in [1.807, 2.05) is 0 Å². The van der Waals surface area contributed by atoms with E-state index in [4.69, 9.17) is 0 Å². The number of aryl methyl sites for hydroxylation is 2. The normalized spacial score (nSPS) is 13.8. The highest BCUT2D eigenvalue weighted by Gasteiger charge is 2.05. The molecule has 0 saturated heterocycles. The topological polar surface area (TPSA) is 12.0 Å². The molecule has 0 radical (unpaired) electrons. The van der Waals surface area contributed by atoms with Gasteiger partial charge in [-0.15, -0.1) is 0 Å². The van der Waals surface area contributed by atoms with Crippen LogP contribution in [0.1, 0.15) is 43.9 Å². The second-order valence-corrected chi connectivity index (χ2v) is 4.87. The van der Waals surface area contributed by atoms with Gasteiger partial charge in [-0.25, -0.2) is 0 Å². The van der Waals surface area contributed by atoms with E-state index in [-0.39, 0.29) is 0 Å². The Labute approximate surface area is 106 Å². The molecule has 0 aliphatic heterocycles. The van der Waals surface area contributed by atoms with Gasteiger partial charge in [0.05, 0.1) is 0 Å². The molecule has 0 aliphatic carbocycles. The lowest BCUT2D eigenvalue weighted by Gasteiger charge is -2.15. The van der Waals surface area contributed by atoms with Crippen molar-refractivity contribution in [3.05, 3.63) is 40.5 Å². The summed E-state index contributed by atoms with van der Waals surface area (Å²) >= 11 is 0. The van der Waals surface area contributed by atoms with E-state index < -0.39 is 0 Å². The largest absolute Gasteiger partial charge is 0.311 e. The molecule has 0 aromatic heterocycles. The number of hydrogen-bond acceptors (Lipinski definition) is 1. The van der Waals surface area contributed by atoms with Crippen LogP contribution in [0.4, 0.5) is 0 Å². The fraction of sp³-hybridized carbons (Fsp3) is 0.500. The molecule has 1 aromatic rings. The molecule has 0 bridgehead atoms. The van der Waals surface area contributed by atoms with Crippen LogP contribution in [0.25, 0.3) is 6.08 Å². The van der Waals surface area contributed by atoms with Crippen molar-refractivity contribution >= 4 is 6.08 Å². The molecule has 0 spiro atoms. The summed E-state index contributed by atoms with van der Waals surface area (Å²) in [7, 11) is 0. The highest BCUT2D eigenvalue weighted by Crippen LogP contribution is 2.18. The van der Waals surface area contributed by atoms with Gasteiger partial charge in [-0.2, -0.15) is 0 Å². The van der Waals surface area contributed by atoms with Crippen molar-refractivity contribution in [3.8, 4) is 0 Å². The van der Waals surface area contributed by atoms with Crippen LogP contribution in [0, 0.1) is 13.8 Å². The molecular weight excluding hydrogens is 206 g/mol. The third-order valence-electron chi connectivity index (χ3n) is 3.30. The molecule has 0 aliphatic rings. The Morgan fingerprint density at radius 3 is 2.41 bits per heavy atom. The van der Waals surface area contributed by atoms with E-state index >= 15 is 0 Å². The summed E-state index contributed by atoms with van der Waals surface area (Å²) < 4.78 is 0. The van der Waals surface area contributed by atoms with Crippen LogP contribution in [-0.4, -0.2) is 12.6 Å². The van der Waals surface area contributed by atoms with Gasteiger partial charge in [0.2, 0.25) is 0 Å². The van der Waals surface area contributed by atoms with E-state index in [0.29, 0.717) is 6.04 Å². The summed E-state index contributed by atoms with van der Waals surface area (Å²) in [5, 5.41) is 3.52. The molecule has 0 heterocycles. The average Bonchev–Trinajstić information content (AvgIpc) is 2.30. The standard InChI is InChI=1S/C16H25N/c1-6-10-17-15(5)14(4)11-16-12(2)8-7-9-13(16)3/h7-9,11,15,17H,6,10H2,1-5H3/b14-11+. The highest BCUT2D eigenvalue weighted by molar-refractivity contribution is 5.60. The van der Waals surface area contributed by atoms with Crippen molar-refractivity contribution < 1.29 is 0 Å². The predicted octanol–water partition coefficient (Wildman–Crippen LogP) is 4.09. The van der Waals surface area contributed by atoms with Crippen LogP contribution < -0.4 is 5.32 Å². The molecule has 0 amide bonds. The van der Waals surface area contributed by atoms with E-state index in [9.17, 15) is 0 Å². The number of nitrogens with one attached hydrogen (secondary N) is 1. The minimum Gasteiger partial charge on any atom is -0.311 e. The molecule has 1 aromatic carbocycles. The van der Waals surface area contributed by atoms with Gasteiger partial charge in [0.15, 0.2) is 0 Å². The van der Waals surface area contributed by atoms with Crippen molar-refractivity contribution in [1.82, 2.24) is 5.32 Å². The fourth-order valence-electron chi connectivity index (χ4n) is 1.93. The summed E-state index contributed by atoms with van der Waals surface area (Å²) in [6.45, 7) is 12.1. The van der Waals surface area contributed by atoms with Crippen molar-refractivity contribution in [2.75, 3.05) is 6.54 Å². The lowest BCUT2D eigenvalue weighted by atomic mass is 9.99. The summed E-state index contributed by atoms with van der Waals surface area (Å²) in [4.78, 5) is 0. The van der Waals surface area contributed by atoms with Crippen molar-refractivity contribution in [2.24, 2.45) is 0 Å². The van der Waals surface area contributed by atoms with E-state index in [2.05, 4.69) is 64.2 Å². The van der Waals surface area contributed by atoms with Gasteiger partial charge in [0.25, 0.3) is 0 Å². The second-order valence-electron chi connectivity index (χ2n) is 4.87. The first-order valence-corrected chi connectivity index (χ1v) is 6.54. The Kier molecular flexibility index (Phi) is 5.43. The zero-order chi connectivity index (χ0) is 12.8. The predicted molar refractivity (Wildman–Crippen MR) is 77.3 cm³/mol. The van der Waals surface area contributed by atoms with Crippen LogP contribution >= 0.6 is 0 Å². The van der Waals surface area contributed by atoms with Crippen LogP contribution in [0.2, 0.25) is 0 Å². The fourth-order valence-corrected chi connectivity index (χ4v) is 1.93. The third-order valence-corrected chi connectivity index (χ3v) is 3.30. The Balaban J connectivity index is 2.87. The minimum absolute atomic E-state index is 0.453. The van der Waals surface area contributed by atoms with Crippen molar-refractivity contribution in [3.63, 3.8) is 0 Å². The van der Waals surface area contributed by atoms with Crippen molar-refractivity contribution in [2.45, 2.75) is 47.1 Å². The quantitative estimate of drug-likeness (QED) is 0.804. The van der Waals surface area contributed by atoms with Crippen LogP contribution in [0.5, 0.6) is 0 Å². The zero-order valence-corrected chi connectivity index (χ0v) is 11.8. The average molecular weight is 231 g/mol. The Morgan fingerprint density at radius 1 is 1.29 bits per heavy atom. The molecule has 1 rings (SSSR count). The summed E-state index contributed by atoms with van der Waals surface area (Å²) in [6.07, 6.45) is 3.50. The first kappa shape index (κ1) is 14.0. The van der Waals surface area contributed by atoms with Gasteiger partial charge < -0.3 is 5.32 Å². The molecule has 1 N–H and O–H groups in total. The maximum absolute atomic E-state index is 3.52. The van der Waals surface area contributed by atoms with Gasteiger partial charge in [-0.1, -0.05) is 36.8 Å². The first-order chi connectivity index (χ1) is 8.06. The Bertz CT molecular complexity index is 370. The van der Waals surface area contributed by atoms with E-state index in [1.54, 1.807) is 0 Å². The molecule has 94 valence electrons. The highest BCUT2D eigenvalue weighted by atomic mass is 14.9. The van der Waals surface area contributed by atoms with Crippen molar-refractivity contribution in [1.29, 1.82) is 0 Å². The summed E-state index contributed by atoms with van der Waals surface area (Å²) in [5.74, 6) is 0. The molecule has 1 nitrogen and oxygen atoms in total. The number of benzene rings is 1. The maximum Gasteiger partial charge on any atom is 0.0251 e. The van der Waals surface area contributed by atoms with Crippen LogP contribution in [0.3, 0.4) is 0 Å². The molecule has 0 saturated carbocycles. The molecule has 1 heteroatoms. The van der Waals surface area contributed by atoms with Crippen LogP contribution in [0.15, 0.2) is 23.8 Å². The molecule has 1 atom stereocenters. The third kappa shape index (κ3) is 4.01. The smallest absolute Gasteiger partial charge is 0.0251 e. The first-order valence-electron chi connectivity index (χ1n) is 6.54. The Hall–Kier alpha value is -1.08. The van der Waals surface area contributed by atoms with Gasteiger partial charge in [-0.3, -0.25) is 0 Å². The summed E-state index contributed by atoms with van der Waals surface area (Å²) in [5.41, 5.74) is 5.48. The van der Waals surface area contributed by atoms with Gasteiger partial charge >= 0.3 is 0 Å². The second kappa shape index (κ2) is 6.61. The molecule has 1 unspecified atom stereocenters. The molecule has 0 fully saturated rings. The number of hydrogen-bond donors (Lipinski definition) is 1. The molecular formula is C16H25N. The van der Waals surface area contributed by atoms with Crippen LogP contribution in [-0.2, 0) is 0 Å². The lowest BCUT2D eigenvalue weighted by molar-refractivity contribution is 0.604. The number of rotatable bonds is 5. The van der Waals surface area contributed by atoms with Gasteiger partial charge in [0.1, 0.15) is 0 Å². The van der Waals surface area contributed by atoms with Gasteiger partial charge in [-0.05, 0) is 57.4 Å². The lowest BCUT2D eigenvalue weighted by Crippen LogP contribution is -2.27. The monoisotopic (exact) mass is 231 g/mol. The van der Waals surface area contributed by atoms with E-state index in [1.165, 1.54) is 28.7 Å². The summed E-state index contributed by atoms with van der Waals surface area (Å²) in [6, 6.07) is 6.93. The van der Waals surface area contributed by atoms with Gasteiger partial charge in [0, 0.05) is 6.04 Å². The zero-order valence-electron chi connectivity index (χ0n) is 11.8. The van der Waals surface area contributed by atoms with E-state index in [0.717, 1.165) is 6.54 Å². The SMILES string of the molecule is CCCNC(C)/C(C)=C/c1c(C)cccc1C.